The molecule has 88 valence electrons. The predicted molar refractivity (Wildman–Crippen MR) is 65.9 cm³/mol. The number of hydrogen-bond acceptors (Lipinski definition) is 2. The van der Waals surface area contributed by atoms with E-state index in [0.717, 1.165) is 42.6 Å². The van der Waals surface area contributed by atoms with Crippen LogP contribution in [0.15, 0.2) is 23.1 Å². The van der Waals surface area contributed by atoms with Gasteiger partial charge >= 0.3 is 0 Å². The lowest BCUT2D eigenvalue weighted by molar-refractivity contribution is 0.708. The van der Waals surface area contributed by atoms with E-state index in [1.165, 1.54) is 6.42 Å². The van der Waals surface area contributed by atoms with Crippen molar-refractivity contribution in [1.82, 2.24) is 15.0 Å². The molecule has 2 aromatic heterocycles. The van der Waals surface area contributed by atoms with Crippen molar-refractivity contribution >= 4 is 0 Å². The maximum absolute atomic E-state index is 12.0. The van der Waals surface area contributed by atoms with E-state index in [9.17, 15) is 4.79 Å². The fourth-order valence-electron chi connectivity index (χ4n) is 2.39. The largest absolute Gasteiger partial charge is 0.359 e. The van der Waals surface area contributed by atoms with Crippen molar-refractivity contribution in [3.63, 3.8) is 0 Å². The predicted octanol–water partition coefficient (Wildman–Crippen LogP) is 2.03. The first kappa shape index (κ1) is 10.3. The molecule has 4 nitrogen and oxygen atoms in total. The van der Waals surface area contributed by atoms with Gasteiger partial charge in [0.1, 0.15) is 0 Å². The molecule has 0 bridgehead atoms. The summed E-state index contributed by atoms with van der Waals surface area (Å²) in [5, 5.41) is 0. The summed E-state index contributed by atoms with van der Waals surface area (Å²) >= 11 is 0. The average Bonchev–Trinajstić information content (AvgIpc) is 2.75. The first-order valence-electron chi connectivity index (χ1n) is 6.10. The monoisotopic (exact) mass is 229 g/mol. The van der Waals surface area contributed by atoms with E-state index in [-0.39, 0.29) is 5.56 Å². The van der Waals surface area contributed by atoms with E-state index in [4.69, 9.17) is 0 Å². The molecule has 0 radical (unpaired) electrons. The van der Waals surface area contributed by atoms with Gasteiger partial charge in [-0.3, -0.25) is 4.79 Å². The molecule has 2 N–H and O–H groups in total. The number of nitrogens with one attached hydrogen (secondary N) is 2. The fraction of sp³-hybridized carbons (Fsp3) is 0.385. The van der Waals surface area contributed by atoms with E-state index in [2.05, 4.69) is 15.0 Å². The van der Waals surface area contributed by atoms with Crippen molar-refractivity contribution in [2.24, 2.45) is 0 Å². The molecular weight excluding hydrogens is 214 g/mol. The summed E-state index contributed by atoms with van der Waals surface area (Å²) in [7, 11) is 0. The van der Waals surface area contributed by atoms with Crippen LogP contribution in [0.1, 0.15) is 30.5 Å². The highest BCUT2D eigenvalue weighted by Crippen LogP contribution is 2.18. The summed E-state index contributed by atoms with van der Waals surface area (Å²) in [5.74, 6) is 0.653. The Morgan fingerprint density at radius 3 is 2.88 bits per heavy atom. The van der Waals surface area contributed by atoms with Crippen LogP contribution in [-0.4, -0.2) is 15.0 Å². The van der Waals surface area contributed by atoms with Crippen molar-refractivity contribution < 1.29 is 0 Å². The first-order valence-corrected chi connectivity index (χ1v) is 6.10. The smallest absolute Gasteiger partial charge is 0.254 e. The highest BCUT2D eigenvalue weighted by Gasteiger charge is 2.15. The molecule has 4 heteroatoms. The standard InChI is InChI=1S/C13H15N3O/c17-13-9-5-2-1-3-6-10(9)15-12(16-13)11-7-4-8-14-11/h4,7-8,14H,1-3,5-6H2,(H,15,16,17). The van der Waals surface area contributed by atoms with Crippen molar-refractivity contribution in [2.75, 3.05) is 0 Å². The Bertz CT molecular complexity index is 569. The number of nitrogens with zero attached hydrogens (tertiary/aromatic N) is 1. The molecule has 0 saturated carbocycles. The zero-order valence-electron chi connectivity index (χ0n) is 9.62. The summed E-state index contributed by atoms with van der Waals surface area (Å²) < 4.78 is 0. The van der Waals surface area contributed by atoms with Gasteiger partial charge in [-0.15, -0.1) is 0 Å². The number of H-pyrrole nitrogens is 2. The average molecular weight is 229 g/mol. The number of rotatable bonds is 1. The normalized spacial score (nSPS) is 15.3. The van der Waals surface area contributed by atoms with E-state index in [1.807, 2.05) is 18.3 Å². The molecule has 0 spiro atoms. The molecule has 0 unspecified atom stereocenters. The van der Waals surface area contributed by atoms with Crippen LogP contribution in [0.3, 0.4) is 0 Å². The Labute approximate surface area is 99.1 Å². The molecule has 2 heterocycles. The number of aromatic amines is 2. The van der Waals surface area contributed by atoms with Gasteiger partial charge in [-0.1, -0.05) is 6.42 Å². The van der Waals surface area contributed by atoms with E-state index in [0.29, 0.717) is 5.82 Å². The van der Waals surface area contributed by atoms with Crippen LogP contribution in [0.25, 0.3) is 11.5 Å². The van der Waals surface area contributed by atoms with Gasteiger partial charge in [-0.2, -0.15) is 0 Å². The Morgan fingerprint density at radius 2 is 2.06 bits per heavy atom. The third-order valence-corrected chi connectivity index (χ3v) is 3.29. The minimum absolute atomic E-state index is 0.0292. The van der Waals surface area contributed by atoms with Crippen molar-refractivity contribution in [3.05, 3.63) is 39.9 Å². The van der Waals surface area contributed by atoms with Crippen LogP contribution in [0, 0.1) is 0 Å². The molecule has 2 aromatic rings. The second kappa shape index (κ2) is 4.20. The summed E-state index contributed by atoms with van der Waals surface area (Å²) in [6.07, 6.45) is 7.04. The van der Waals surface area contributed by atoms with E-state index < -0.39 is 0 Å². The van der Waals surface area contributed by atoms with Crippen molar-refractivity contribution in [1.29, 1.82) is 0 Å². The number of hydrogen-bond donors (Lipinski definition) is 2. The van der Waals surface area contributed by atoms with Crippen LogP contribution in [0.4, 0.5) is 0 Å². The molecule has 0 aliphatic heterocycles. The topological polar surface area (TPSA) is 61.5 Å². The molecule has 17 heavy (non-hydrogen) atoms. The van der Waals surface area contributed by atoms with Gasteiger partial charge < -0.3 is 9.97 Å². The van der Waals surface area contributed by atoms with Gasteiger partial charge in [0.25, 0.3) is 5.56 Å². The van der Waals surface area contributed by atoms with Gasteiger partial charge in [-0.05, 0) is 37.8 Å². The zero-order chi connectivity index (χ0) is 11.7. The highest BCUT2D eigenvalue weighted by atomic mass is 16.1. The van der Waals surface area contributed by atoms with Gasteiger partial charge in [0.05, 0.1) is 11.4 Å². The van der Waals surface area contributed by atoms with E-state index in [1.54, 1.807) is 0 Å². The van der Waals surface area contributed by atoms with E-state index >= 15 is 0 Å². The van der Waals surface area contributed by atoms with Gasteiger partial charge in [-0.25, -0.2) is 4.98 Å². The number of aromatic nitrogens is 3. The highest BCUT2D eigenvalue weighted by molar-refractivity contribution is 5.49. The second-order valence-electron chi connectivity index (χ2n) is 4.48. The Hall–Kier alpha value is -1.84. The SMILES string of the molecule is O=c1[nH]c(-c2ccc[nH]2)nc2c1CCCCC2. The molecule has 1 aliphatic rings. The number of aryl methyl sites for hydroxylation is 1. The van der Waals surface area contributed by atoms with Gasteiger partial charge in [0, 0.05) is 11.8 Å². The Kier molecular flexibility index (Phi) is 2.55. The molecule has 1 aliphatic carbocycles. The molecule has 0 atom stereocenters. The first-order chi connectivity index (χ1) is 8.34. The number of fused-ring (bicyclic) bond motifs is 1. The molecule has 3 rings (SSSR count). The maximum atomic E-state index is 12.0. The third kappa shape index (κ3) is 1.90. The van der Waals surface area contributed by atoms with Gasteiger partial charge in [0.15, 0.2) is 5.82 Å². The lowest BCUT2D eigenvalue weighted by atomic mass is 10.1. The van der Waals surface area contributed by atoms with Crippen LogP contribution < -0.4 is 5.56 Å². The molecule has 0 aromatic carbocycles. The lowest BCUT2D eigenvalue weighted by Crippen LogP contribution is -2.18. The molecular formula is C13H15N3O. The molecule has 0 fully saturated rings. The Balaban J connectivity index is 2.12. The maximum Gasteiger partial charge on any atom is 0.254 e. The summed E-state index contributed by atoms with van der Waals surface area (Å²) in [5.41, 5.74) is 2.77. The summed E-state index contributed by atoms with van der Waals surface area (Å²) in [6.45, 7) is 0. The van der Waals surface area contributed by atoms with Crippen LogP contribution in [0.5, 0.6) is 0 Å². The van der Waals surface area contributed by atoms with Crippen LogP contribution in [0.2, 0.25) is 0 Å². The van der Waals surface area contributed by atoms with Gasteiger partial charge in [0.2, 0.25) is 0 Å². The quantitative estimate of drug-likeness (QED) is 0.735. The van der Waals surface area contributed by atoms with Crippen LogP contribution >= 0.6 is 0 Å². The second-order valence-corrected chi connectivity index (χ2v) is 4.48. The van der Waals surface area contributed by atoms with Crippen LogP contribution in [-0.2, 0) is 12.8 Å². The minimum atomic E-state index is 0.0292. The lowest BCUT2D eigenvalue weighted by Gasteiger charge is -2.05. The molecule has 0 amide bonds. The summed E-state index contributed by atoms with van der Waals surface area (Å²) in [6, 6.07) is 3.82. The summed E-state index contributed by atoms with van der Waals surface area (Å²) in [4.78, 5) is 22.6. The third-order valence-electron chi connectivity index (χ3n) is 3.29. The van der Waals surface area contributed by atoms with Crippen molar-refractivity contribution in [2.45, 2.75) is 32.1 Å². The zero-order valence-corrected chi connectivity index (χ0v) is 9.62. The minimum Gasteiger partial charge on any atom is -0.359 e. The molecule has 0 saturated heterocycles. The fourth-order valence-corrected chi connectivity index (χ4v) is 2.39. The van der Waals surface area contributed by atoms with Crippen molar-refractivity contribution in [3.8, 4) is 11.5 Å². The Morgan fingerprint density at radius 1 is 1.18 bits per heavy atom.